The van der Waals surface area contributed by atoms with Crippen molar-refractivity contribution in [1.82, 2.24) is 5.32 Å². The van der Waals surface area contributed by atoms with Crippen molar-refractivity contribution in [1.29, 1.82) is 5.26 Å². The second-order valence-corrected chi connectivity index (χ2v) is 12.2. The summed E-state index contributed by atoms with van der Waals surface area (Å²) in [6.07, 6.45) is 0.392. The lowest BCUT2D eigenvalue weighted by atomic mass is 9.62. The van der Waals surface area contributed by atoms with E-state index in [9.17, 15) is 9.59 Å². The van der Waals surface area contributed by atoms with Crippen molar-refractivity contribution in [3.05, 3.63) is 93.0 Å². The molecule has 0 radical (unpaired) electrons. The summed E-state index contributed by atoms with van der Waals surface area (Å²) < 4.78 is 31.1. The number of halogens is 4. The van der Waals surface area contributed by atoms with Gasteiger partial charge in [0.2, 0.25) is 11.8 Å². The second kappa shape index (κ2) is 10.2. The average molecular weight is 583 g/mol. The molecule has 2 amide bonds. The van der Waals surface area contributed by atoms with E-state index in [0.717, 1.165) is 0 Å². The maximum atomic E-state index is 15.8. The van der Waals surface area contributed by atoms with Crippen molar-refractivity contribution < 1.29 is 18.4 Å². The van der Waals surface area contributed by atoms with E-state index in [1.807, 2.05) is 26.8 Å². The molecular weight excluding hydrogens is 557 g/mol. The molecule has 0 bridgehead atoms. The topological polar surface area (TPSA) is 94.0 Å². The first-order chi connectivity index (χ1) is 18.9. The molecule has 40 heavy (non-hydrogen) atoms. The summed E-state index contributed by atoms with van der Waals surface area (Å²) in [5, 5.41) is 17.6. The number of nitrogens with zero attached hydrogens (tertiary/aromatic N) is 1. The Kier molecular flexibility index (Phi) is 7.11. The van der Waals surface area contributed by atoms with Crippen molar-refractivity contribution >= 4 is 46.4 Å². The molecule has 3 aromatic carbocycles. The maximum absolute atomic E-state index is 15.8. The smallest absolute Gasteiger partial charge is 0.242 e. The van der Waals surface area contributed by atoms with Crippen LogP contribution in [0.15, 0.2) is 54.6 Å². The number of carbonyl (C=O) groups excluding carboxylic acids is 2. The Hall–Kier alpha value is -3.51. The highest BCUT2D eigenvalue weighted by atomic mass is 35.5. The number of nitriles is 1. The molecule has 3 N–H and O–H groups in total. The quantitative estimate of drug-likeness (QED) is 0.326. The number of rotatable bonds is 4. The van der Waals surface area contributed by atoms with Crippen LogP contribution in [0, 0.1) is 28.4 Å². The van der Waals surface area contributed by atoms with E-state index in [-0.39, 0.29) is 26.7 Å². The number of carbonyl (C=O) groups is 2. The third kappa shape index (κ3) is 4.52. The Morgan fingerprint density at radius 3 is 2.38 bits per heavy atom. The highest BCUT2D eigenvalue weighted by Crippen LogP contribution is 2.57. The fourth-order valence-corrected chi connectivity index (χ4v) is 6.37. The summed E-state index contributed by atoms with van der Waals surface area (Å²) in [6, 6.07) is 13.8. The van der Waals surface area contributed by atoms with Crippen LogP contribution in [-0.4, -0.2) is 23.9 Å². The van der Waals surface area contributed by atoms with Gasteiger partial charge in [-0.05, 0) is 59.4 Å². The number of amides is 2. The monoisotopic (exact) mass is 582 g/mol. The molecule has 2 aliphatic rings. The van der Waals surface area contributed by atoms with Gasteiger partial charge in [0, 0.05) is 17.6 Å². The summed E-state index contributed by atoms with van der Waals surface area (Å²) in [4.78, 5) is 28.0. The predicted molar refractivity (Wildman–Crippen MR) is 150 cm³/mol. The van der Waals surface area contributed by atoms with E-state index in [1.54, 1.807) is 36.4 Å². The largest absolute Gasteiger partial charge is 0.325 e. The molecule has 1 saturated heterocycles. The Labute approximate surface area is 240 Å². The summed E-state index contributed by atoms with van der Waals surface area (Å²) in [5.41, 5.74) is -0.827. The number of hydrogen-bond donors (Lipinski definition) is 3. The van der Waals surface area contributed by atoms with Gasteiger partial charge in [-0.15, -0.1) is 0 Å². The summed E-state index contributed by atoms with van der Waals surface area (Å²) in [7, 11) is 0. The van der Waals surface area contributed by atoms with E-state index in [1.165, 1.54) is 18.2 Å². The van der Waals surface area contributed by atoms with Crippen LogP contribution in [0.25, 0.3) is 0 Å². The minimum atomic E-state index is -1.58. The van der Waals surface area contributed by atoms with E-state index >= 15 is 8.78 Å². The van der Waals surface area contributed by atoms with Gasteiger partial charge in [0.25, 0.3) is 0 Å². The first-order valence-corrected chi connectivity index (χ1v) is 13.4. The highest BCUT2D eigenvalue weighted by molar-refractivity contribution is 6.31. The lowest BCUT2D eigenvalue weighted by molar-refractivity contribution is -0.122. The van der Waals surface area contributed by atoms with E-state index in [2.05, 4.69) is 16.0 Å². The maximum Gasteiger partial charge on any atom is 0.242 e. The molecule has 3 aromatic rings. The zero-order chi connectivity index (χ0) is 29.0. The fraction of sp³-hybridized carbons (Fsp3) is 0.300. The lowest BCUT2D eigenvalue weighted by Gasteiger charge is -2.37. The molecule has 0 aliphatic carbocycles. The molecule has 1 spiro atoms. The van der Waals surface area contributed by atoms with Crippen LogP contribution in [-0.2, 0) is 15.0 Å². The minimum Gasteiger partial charge on any atom is -0.325 e. The van der Waals surface area contributed by atoms with Gasteiger partial charge in [0.1, 0.15) is 11.2 Å². The van der Waals surface area contributed by atoms with E-state index in [0.29, 0.717) is 23.2 Å². The molecule has 2 heterocycles. The number of fused-ring (bicyclic) bond motifs is 2. The molecule has 0 unspecified atom stereocenters. The van der Waals surface area contributed by atoms with E-state index < -0.39 is 46.9 Å². The molecule has 0 saturated carbocycles. The molecule has 2 aliphatic heterocycles. The normalized spacial score (nSPS) is 23.6. The molecule has 5 rings (SSSR count). The van der Waals surface area contributed by atoms with Crippen molar-refractivity contribution in [3.8, 4) is 6.07 Å². The SMILES string of the molecule is CC(C)(C)C[C@@H]1N[C@@H](C(=O)Nc2ccc(C#N)cc2)[C@H](c2cccc(Cl)c2F)[C@@]12C(=O)Nc1c2ccc(Cl)c1F. The van der Waals surface area contributed by atoms with Crippen molar-refractivity contribution in [2.24, 2.45) is 5.41 Å². The molecule has 10 heteroatoms. The second-order valence-electron chi connectivity index (χ2n) is 11.4. The highest BCUT2D eigenvalue weighted by Gasteiger charge is 2.66. The van der Waals surface area contributed by atoms with Gasteiger partial charge in [0.05, 0.1) is 33.4 Å². The van der Waals surface area contributed by atoms with Crippen LogP contribution in [0.1, 0.15) is 49.8 Å². The molecular formula is C30H26Cl2F2N4O2. The van der Waals surface area contributed by atoms with Gasteiger partial charge >= 0.3 is 0 Å². The first kappa shape index (κ1) is 28.0. The van der Waals surface area contributed by atoms with Crippen LogP contribution in [0.4, 0.5) is 20.2 Å². The van der Waals surface area contributed by atoms with E-state index in [4.69, 9.17) is 28.5 Å². The number of nitrogens with one attached hydrogen (secondary N) is 3. The van der Waals surface area contributed by atoms with Crippen LogP contribution >= 0.6 is 23.2 Å². The van der Waals surface area contributed by atoms with Gasteiger partial charge in [-0.25, -0.2) is 8.78 Å². The van der Waals surface area contributed by atoms with Crippen molar-refractivity contribution in [2.75, 3.05) is 10.6 Å². The van der Waals surface area contributed by atoms with Gasteiger partial charge < -0.3 is 16.0 Å². The minimum absolute atomic E-state index is 0.0507. The van der Waals surface area contributed by atoms with Gasteiger partial charge in [-0.2, -0.15) is 5.26 Å². The Balaban J connectivity index is 1.73. The standard InChI is InChI=1S/C30H26Cl2F2N4O2/c1-29(2,3)13-21-30(18-11-12-20(32)24(34)25(18)38-28(30)40)22(17-5-4-6-19(31)23(17)33)26(37-21)27(39)36-16-9-7-15(14-35)8-10-16/h4-12,21-22,26,37H,13H2,1-3H3,(H,36,39)(H,38,40)/t21-,22-,26+,30-/m0/s1. The van der Waals surface area contributed by atoms with Crippen LogP contribution in [0.3, 0.4) is 0 Å². The Bertz CT molecular complexity index is 1570. The summed E-state index contributed by atoms with van der Waals surface area (Å²) >= 11 is 12.3. The Morgan fingerprint density at radius 1 is 1.05 bits per heavy atom. The third-order valence-electron chi connectivity index (χ3n) is 7.61. The molecule has 4 atom stereocenters. The molecule has 0 aromatic heterocycles. The van der Waals surface area contributed by atoms with Crippen LogP contribution in [0.2, 0.25) is 10.0 Å². The molecule has 1 fully saturated rings. The average Bonchev–Trinajstić information content (AvgIpc) is 3.38. The van der Waals surface area contributed by atoms with Crippen LogP contribution in [0.5, 0.6) is 0 Å². The van der Waals surface area contributed by atoms with Gasteiger partial charge in [0.15, 0.2) is 5.82 Å². The van der Waals surface area contributed by atoms with Gasteiger partial charge in [-0.1, -0.05) is 62.2 Å². The Morgan fingerprint density at radius 2 is 1.73 bits per heavy atom. The van der Waals surface area contributed by atoms with Gasteiger partial charge in [-0.3, -0.25) is 9.59 Å². The fourth-order valence-electron chi connectivity index (χ4n) is 6.03. The number of anilines is 2. The first-order valence-electron chi connectivity index (χ1n) is 12.7. The molecule has 206 valence electrons. The molecule has 6 nitrogen and oxygen atoms in total. The van der Waals surface area contributed by atoms with Crippen LogP contribution < -0.4 is 16.0 Å². The zero-order valence-electron chi connectivity index (χ0n) is 21.9. The summed E-state index contributed by atoms with van der Waals surface area (Å²) in [6.45, 7) is 5.95. The third-order valence-corrected chi connectivity index (χ3v) is 8.19. The number of benzene rings is 3. The predicted octanol–water partition coefficient (Wildman–Crippen LogP) is 6.53. The summed E-state index contributed by atoms with van der Waals surface area (Å²) in [5.74, 6) is -3.77. The van der Waals surface area contributed by atoms with Crippen molar-refractivity contribution in [3.63, 3.8) is 0 Å². The zero-order valence-corrected chi connectivity index (χ0v) is 23.4. The lowest BCUT2D eigenvalue weighted by Crippen LogP contribution is -2.49. The number of hydrogen-bond acceptors (Lipinski definition) is 4. The van der Waals surface area contributed by atoms with Crippen molar-refractivity contribution in [2.45, 2.75) is 50.6 Å².